The first-order valence-electron chi connectivity index (χ1n) is 11.8. The Bertz CT molecular complexity index is 1130. The maximum Gasteiger partial charge on any atom is 0.224 e. The fourth-order valence-electron chi connectivity index (χ4n) is 4.36. The van der Waals surface area contributed by atoms with Crippen molar-refractivity contribution in [3.63, 3.8) is 0 Å². The molecule has 0 spiro atoms. The highest BCUT2D eigenvalue weighted by atomic mass is 35.5. The highest BCUT2D eigenvalue weighted by molar-refractivity contribution is 5.86. The number of fused-ring (bicyclic) bond motifs is 1. The lowest BCUT2D eigenvalue weighted by atomic mass is 10.1. The minimum absolute atomic E-state index is 0. The SMILES string of the molecule is CCOCCNc1nc(C)c(-c2cc3cc(CC)ncc3o2)c(N[C@@H]2C[C@H](CO)[C@@H](O)[C@H]2O)n1.Cl. The molecule has 1 aliphatic carbocycles. The van der Waals surface area contributed by atoms with Gasteiger partial charge >= 0.3 is 0 Å². The molecule has 10 nitrogen and oxygen atoms in total. The zero-order valence-corrected chi connectivity index (χ0v) is 21.0. The average Bonchev–Trinajstić information content (AvgIpc) is 3.36. The standard InChI is InChI=1S/C24H33N5O5.ClH/c1-4-16-8-14-10-18(34-19(14)11-26-16)20-13(3)27-24(25-6-7-33-5-2)29-23(20)28-17-9-15(12-30)21(31)22(17)32;/h8,10-11,15,17,21-22,30-32H,4-7,9,12H2,1-3H3,(H2,25,27,28,29);1H/t15-,17-,21-,22+;/m1./s1. The first-order valence-corrected chi connectivity index (χ1v) is 11.8. The Morgan fingerprint density at radius 2 is 1.97 bits per heavy atom. The molecule has 4 atom stereocenters. The van der Waals surface area contributed by atoms with Crippen LogP contribution in [0.15, 0.2) is 22.7 Å². The van der Waals surface area contributed by atoms with E-state index in [0.717, 1.165) is 17.5 Å². The molecular weight excluding hydrogens is 474 g/mol. The van der Waals surface area contributed by atoms with Crippen LogP contribution in [0.4, 0.5) is 11.8 Å². The summed E-state index contributed by atoms with van der Waals surface area (Å²) in [5.74, 6) is 1.07. The molecule has 0 saturated heterocycles. The number of aliphatic hydroxyl groups is 3. The second kappa shape index (κ2) is 12.0. The average molecular weight is 508 g/mol. The highest BCUT2D eigenvalue weighted by Gasteiger charge is 2.41. The summed E-state index contributed by atoms with van der Waals surface area (Å²) in [6.07, 6.45) is 0.886. The number of halogens is 1. The topological polar surface area (TPSA) is 146 Å². The third kappa shape index (κ3) is 5.84. The number of rotatable bonds is 10. The molecule has 192 valence electrons. The molecule has 3 heterocycles. The zero-order chi connectivity index (χ0) is 24.2. The number of nitrogens with one attached hydrogen (secondary N) is 2. The van der Waals surface area contributed by atoms with Crippen molar-refractivity contribution in [3.8, 4) is 11.3 Å². The van der Waals surface area contributed by atoms with Gasteiger partial charge in [-0.05, 0) is 38.8 Å². The summed E-state index contributed by atoms with van der Waals surface area (Å²) in [5.41, 5.74) is 2.98. The molecule has 35 heavy (non-hydrogen) atoms. The van der Waals surface area contributed by atoms with Crippen LogP contribution in [0.2, 0.25) is 0 Å². The number of hydrogen-bond acceptors (Lipinski definition) is 10. The number of ether oxygens (including phenoxy) is 1. The van der Waals surface area contributed by atoms with Crippen molar-refractivity contribution < 1.29 is 24.5 Å². The van der Waals surface area contributed by atoms with Gasteiger partial charge in [-0.1, -0.05) is 6.92 Å². The fraction of sp³-hybridized carbons (Fsp3) is 0.542. The maximum absolute atomic E-state index is 10.6. The van der Waals surface area contributed by atoms with Crippen LogP contribution in [0.1, 0.15) is 31.7 Å². The maximum atomic E-state index is 10.6. The summed E-state index contributed by atoms with van der Waals surface area (Å²) in [6.45, 7) is 7.34. The summed E-state index contributed by atoms with van der Waals surface area (Å²) >= 11 is 0. The predicted molar refractivity (Wildman–Crippen MR) is 136 cm³/mol. The largest absolute Gasteiger partial charge is 0.454 e. The number of aromatic nitrogens is 3. The second-order valence-corrected chi connectivity index (χ2v) is 8.57. The summed E-state index contributed by atoms with van der Waals surface area (Å²) in [7, 11) is 0. The molecule has 0 radical (unpaired) electrons. The van der Waals surface area contributed by atoms with Gasteiger partial charge in [-0.3, -0.25) is 4.98 Å². The van der Waals surface area contributed by atoms with Crippen LogP contribution in [0, 0.1) is 12.8 Å². The first kappa shape index (κ1) is 27.1. The monoisotopic (exact) mass is 507 g/mol. The molecule has 11 heteroatoms. The number of pyridine rings is 1. The molecule has 1 aliphatic rings. The van der Waals surface area contributed by atoms with Gasteiger partial charge in [-0.25, -0.2) is 4.98 Å². The summed E-state index contributed by atoms with van der Waals surface area (Å²) < 4.78 is 11.5. The number of anilines is 2. The van der Waals surface area contributed by atoms with Crippen molar-refractivity contribution in [2.75, 3.05) is 37.0 Å². The van der Waals surface area contributed by atoms with Crippen LogP contribution in [0.5, 0.6) is 0 Å². The van der Waals surface area contributed by atoms with Crippen molar-refractivity contribution in [2.45, 2.75) is 51.9 Å². The molecule has 5 N–H and O–H groups in total. The molecule has 1 saturated carbocycles. The van der Waals surface area contributed by atoms with E-state index in [1.165, 1.54) is 0 Å². The van der Waals surface area contributed by atoms with E-state index in [1.54, 1.807) is 6.20 Å². The number of aryl methyl sites for hydroxylation is 2. The van der Waals surface area contributed by atoms with Gasteiger partial charge in [0.05, 0.1) is 36.2 Å². The van der Waals surface area contributed by atoms with Gasteiger partial charge in [0.1, 0.15) is 17.7 Å². The third-order valence-corrected chi connectivity index (χ3v) is 6.25. The molecule has 3 aromatic heterocycles. The number of hydrogen-bond donors (Lipinski definition) is 5. The first-order chi connectivity index (χ1) is 16.4. The van der Waals surface area contributed by atoms with Gasteiger partial charge in [0, 0.05) is 36.8 Å². The van der Waals surface area contributed by atoms with E-state index in [2.05, 4.69) is 25.6 Å². The van der Waals surface area contributed by atoms with Crippen LogP contribution in [-0.2, 0) is 11.2 Å². The van der Waals surface area contributed by atoms with E-state index in [9.17, 15) is 15.3 Å². The molecule has 0 bridgehead atoms. The number of furan rings is 1. The van der Waals surface area contributed by atoms with Crippen molar-refractivity contribution in [1.82, 2.24) is 15.0 Å². The molecule has 0 unspecified atom stereocenters. The lowest BCUT2D eigenvalue weighted by Crippen LogP contribution is -2.35. The van der Waals surface area contributed by atoms with Crippen molar-refractivity contribution in [3.05, 3.63) is 29.7 Å². The Hall–Kier alpha value is -2.50. The van der Waals surface area contributed by atoms with Gasteiger partial charge < -0.3 is 35.1 Å². The van der Waals surface area contributed by atoms with Crippen LogP contribution >= 0.6 is 12.4 Å². The molecule has 0 aromatic carbocycles. The van der Waals surface area contributed by atoms with Crippen LogP contribution < -0.4 is 10.6 Å². The zero-order valence-electron chi connectivity index (χ0n) is 20.2. The highest BCUT2D eigenvalue weighted by Crippen LogP contribution is 2.37. The lowest BCUT2D eigenvalue weighted by molar-refractivity contribution is 0.00446. The van der Waals surface area contributed by atoms with Gasteiger partial charge in [0.25, 0.3) is 0 Å². The van der Waals surface area contributed by atoms with E-state index >= 15 is 0 Å². The van der Waals surface area contributed by atoms with Crippen molar-refractivity contribution >= 4 is 35.1 Å². The van der Waals surface area contributed by atoms with Crippen LogP contribution in [0.25, 0.3) is 22.3 Å². The predicted octanol–water partition coefficient (Wildman–Crippen LogP) is 2.54. The summed E-state index contributed by atoms with van der Waals surface area (Å²) in [6, 6.07) is 3.44. The number of nitrogens with zero attached hydrogens (tertiary/aromatic N) is 3. The van der Waals surface area contributed by atoms with Crippen molar-refractivity contribution in [1.29, 1.82) is 0 Å². The van der Waals surface area contributed by atoms with E-state index in [0.29, 0.717) is 60.5 Å². The molecule has 4 rings (SSSR count). The Kier molecular flexibility index (Phi) is 9.26. The quantitative estimate of drug-likeness (QED) is 0.259. The molecule has 1 fully saturated rings. The summed E-state index contributed by atoms with van der Waals surface area (Å²) in [5, 5.41) is 37.8. The lowest BCUT2D eigenvalue weighted by Gasteiger charge is -2.21. The van der Waals surface area contributed by atoms with E-state index < -0.39 is 24.2 Å². The van der Waals surface area contributed by atoms with E-state index in [-0.39, 0.29) is 19.0 Å². The minimum atomic E-state index is -1.04. The minimum Gasteiger partial charge on any atom is -0.454 e. The molecule has 0 aliphatic heterocycles. The Labute approximate surface area is 210 Å². The van der Waals surface area contributed by atoms with Gasteiger partial charge in [-0.15, -0.1) is 12.4 Å². The Balaban J connectivity index is 0.00000342. The van der Waals surface area contributed by atoms with Crippen LogP contribution in [0.3, 0.4) is 0 Å². The van der Waals surface area contributed by atoms with E-state index in [4.69, 9.17) is 9.15 Å². The normalized spacial score (nSPS) is 21.8. The Morgan fingerprint density at radius 1 is 1.17 bits per heavy atom. The second-order valence-electron chi connectivity index (χ2n) is 8.57. The molecular formula is C24H34ClN5O5. The smallest absolute Gasteiger partial charge is 0.224 e. The fourth-order valence-corrected chi connectivity index (χ4v) is 4.36. The molecule has 3 aromatic rings. The number of aliphatic hydroxyl groups excluding tert-OH is 3. The third-order valence-electron chi connectivity index (χ3n) is 6.25. The van der Waals surface area contributed by atoms with Gasteiger partial charge in [0.2, 0.25) is 5.95 Å². The Morgan fingerprint density at radius 3 is 2.66 bits per heavy atom. The van der Waals surface area contributed by atoms with E-state index in [1.807, 2.05) is 32.9 Å². The van der Waals surface area contributed by atoms with Crippen molar-refractivity contribution in [2.24, 2.45) is 5.92 Å². The summed E-state index contributed by atoms with van der Waals surface area (Å²) in [4.78, 5) is 13.7. The van der Waals surface area contributed by atoms with Gasteiger partial charge in [-0.2, -0.15) is 4.98 Å². The van der Waals surface area contributed by atoms with Crippen LogP contribution in [-0.4, -0.2) is 74.9 Å². The van der Waals surface area contributed by atoms with Gasteiger partial charge in [0.15, 0.2) is 5.58 Å². The molecule has 0 amide bonds.